The molecule has 0 unspecified atom stereocenters. The average Bonchev–Trinajstić information content (AvgIpc) is 2.13. The van der Waals surface area contributed by atoms with Crippen LogP contribution in [0.15, 0.2) is 10.6 Å². The zero-order chi connectivity index (χ0) is 7.56. The molecule has 0 saturated carbocycles. The van der Waals surface area contributed by atoms with Crippen LogP contribution in [-0.2, 0) is 6.42 Å². The minimum atomic E-state index is 0.468. The summed E-state index contributed by atoms with van der Waals surface area (Å²) in [6.07, 6.45) is 0.907. The first-order valence-electron chi connectivity index (χ1n) is 3.39. The van der Waals surface area contributed by atoms with Crippen LogP contribution < -0.4 is 5.73 Å². The van der Waals surface area contributed by atoms with E-state index in [0.29, 0.717) is 11.7 Å². The number of anilines is 1. The molecule has 0 aromatic carbocycles. The quantitative estimate of drug-likeness (QED) is 0.676. The second-order valence-electron chi connectivity index (χ2n) is 2.82. The van der Waals surface area contributed by atoms with Crippen LogP contribution in [0.4, 0.5) is 5.82 Å². The fraction of sp³-hybridized carbons (Fsp3) is 0.571. The monoisotopic (exact) mass is 140 g/mol. The second-order valence-corrected chi connectivity index (χ2v) is 2.82. The average molecular weight is 140 g/mol. The van der Waals surface area contributed by atoms with Crippen LogP contribution >= 0.6 is 0 Å². The van der Waals surface area contributed by atoms with E-state index in [1.807, 2.05) is 0 Å². The van der Waals surface area contributed by atoms with Gasteiger partial charge in [-0.25, -0.2) is 0 Å². The van der Waals surface area contributed by atoms with E-state index in [1.165, 1.54) is 0 Å². The number of nitrogen functional groups attached to an aromatic ring is 1. The van der Waals surface area contributed by atoms with Gasteiger partial charge in [-0.05, 0) is 5.92 Å². The first-order chi connectivity index (χ1) is 4.68. The van der Waals surface area contributed by atoms with E-state index >= 15 is 0 Å². The highest BCUT2D eigenvalue weighted by molar-refractivity contribution is 5.26. The van der Waals surface area contributed by atoms with Crippen LogP contribution in [0, 0.1) is 5.92 Å². The summed E-state index contributed by atoms with van der Waals surface area (Å²) >= 11 is 0. The molecule has 3 nitrogen and oxygen atoms in total. The second kappa shape index (κ2) is 2.73. The third kappa shape index (κ3) is 1.76. The molecule has 2 N–H and O–H groups in total. The largest absolute Gasteiger partial charge is 0.381 e. The van der Waals surface area contributed by atoms with Gasteiger partial charge in [0.1, 0.15) is 5.76 Å². The molecule has 1 rings (SSSR count). The van der Waals surface area contributed by atoms with Crippen LogP contribution in [0.1, 0.15) is 19.6 Å². The van der Waals surface area contributed by atoms with E-state index in [-0.39, 0.29) is 0 Å². The summed E-state index contributed by atoms with van der Waals surface area (Å²) in [6.45, 7) is 4.25. The van der Waals surface area contributed by atoms with Gasteiger partial charge >= 0.3 is 0 Å². The predicted molar refractivity (Wildman–Crippen MR) is 39.5 cm³/mol. The predicted octanol–water partition coefficient (Wildman–Crippen LogP) is 1.46. The Kier molecular flexibility index (Phi) is 1.94. The van der Waals surface area contributed by atoms with Gasteiger partial charge < -0.3 is 10.3 Å². The van der Waals surface area contributed by atoms with Gasteiger partial charge in [-0.2, -0.15) is 0 Å². The fourth-order valence-corrected chi connectivity index (χ4v) is 0.828. The molecule has 0 fully saturated rings. The Hall–Kier alpha value is -0.990. The van der Waals surface area contributed by atoms with Crippen molar-refractivity contribution in [1.82, 2.24) is 5.16 Å². The molecule has 0 atom stereocenters. The lowest BCUT2D eigenvalue weighted by molar-refractivity contribution is 0.371. The van der Waals surface area contributed by atoms with E-state index in [0.717, 1.165) is 12.2 Å². The first kappa shape index (κ1) is 7.12. The number of rotatable bonds is 2. The Bertz CT molecular complexity index is 205. The molecule has 0 aliphatic heterocycles. The maximum atomic E-state index is 5.35. The lowest BCUT2D eigenvalue weighted by Gasteiger charge is -1.96. The highest BCUT2D eigenvalue weighted by Crippen LogP contribution is 2.09. The SMILES string of the molecule is CC(C)Cc1cc(N)no1. The molecule has 0 radical (unpaired) electrons. The highest BCUT2D eigenvalue weighted by Gasteiger charge is 2.02. The van der Waals surface area contributed by atoms with E-state index in [4.69, 9.17) is 10.3 Å². The maximum Gasteiger partial charge on any atom is 0.167 e. The molecular weight excluding hydrogens is 128 g/mol. The number of hydrogen-bond acceptors (Lipinski definition) is 3. The van der Waals surface area contributed by atoms with Gasteiger partial charge in [0.2, 0.25) is 0 Å². The van der Waals surface area contributed by atoms with Crippen LogP contribution in [0.2, 0.25) is 0 Å². The van der Waals surface area contributed by atoms with Crippen molar-refractivity contribution in [3.05, 3.63) is 11.8 Å². The summed E-state index contributed by atoms with van der Waals surface area (Å²) in [5.74, 6) is 1.93. The fourth-order valence-electron chi connectivity index (χ4n) is 0.828. The Labute approximate surface area is 60.2 Å². The van der Waals surface area contributed by atoms with E-state index in [9.17, 15) is 0 Å². The standard InChI is InChI=1S/C7H12N2O/c1-5(2)3-6-4-7(8)9-10-6/h4-5H,3H2,1-2H3,(H2,8,9). The van der Waals surface area contributed by atoms with Gasteiger partial charge in [0.05, 0.1) is 0 Å². The van der Waals surface area contributed by atoms with E-state index in [2.05, 4.69) is 19.0 Å². The maximum absolute atomic E-state index is 5.35. The third-order valence-corrected chi connectivity index (χ3v) is 1.19. The van der Waals surface area contributed by atoms with Crippen LogP contribution in [0.5, 0.6) is 0 Å². The molecule has 1 aromatic rings. The van der Waals surface area contributed by atoms with E-state index in [1.54, 1.807) is 6.07 Å². The van der Waals surface area contributed by atoms with Crippen molar-refractivity contribution in [3.8, 4) is 0 Å². The summed E-state index contributed by atoms with van der Waals surface area (Å²) in [6, 6.07) is 1.76. The molecule has 56 valence electrons. The summed E-state index contributed by atoms with van der Waals surface area (Å²) in [4.78, 5) is 0. The molecule has 0 aliphatic carbocycles. The molecule has 0 bridgehead atoms. The van der Waals surface area contributed by atoms with Crippen molar-refractivity contribution in [2.45, 2.75) is 20.3 Å². The minimum Gasteiger partial charge on any atom is -0.381 e. The Morgan fingerprint density at radius 3 is 2.80 bits per heavy atom. The van der Waals surface area contributed by atoms with Gasteiger partial charge in [0.25, 0.3) is 0 Å². The number of hydrogen-bond donors (Lipinski definition) is 1. The van der Waals surface area contributed by atoms with Crippen molar-refractivity contribution in [2.24, 2.45) is 5.92 Å². The summed E-state index contributed by atoms with van der Waals surface area (Å²) in [5, 5.41) is 3.57. The van der Waals surface area contributed by atoms with Crippen molar-refractivity contribution in [2.75, 3.05) is 5.73 Å². The molecule has 0 saturated heterocycles. The van der Waals surface area contributed by atoms with Gasteiger partial charge in [-0.1, -0.05) is 19.0 Å². The molecule has 0 aliphatic rings. The molecule has 0 amide bonds. The van der Waals surface area contributed by atoms with Crippen LogP contribution in [-0.4, -0.2) is 5.16 Å². The summed E-state index contributed by atoms with van der Waals surface area (Å²) in [7, 11) is 0. The molecule has 3 heteroatoms. The number of nitrogens with two attached hydrogens (primary N) is 1. The molecule has 0 spiro atoms. The van der Waals surface area contributed by atoms with Gasteiger partial charge in [0, 0.05) is 12.5 Å². The molecule has 1 heterocycles. The van der Waals surface area contributed by atoms with Gasteiger partial charge in [0.15, 0.2) is 5.82 Å². The minimum absolute atomic E-state index is 0.468. The van der Waals surface area contributed by atoms with Crippen LogP contribution in [0.3, 0.4) is 0 Å². The van der Waals surface area contributed by atoms with Gasteiger partial charge in [-0.3, -0.25) is 0 Å². The Morgan fingerprint density at radius 1 is 1.70 bits per heavy atom. The third-order valence-electron chi connectivity index (χ3n) is 1.19. The number of nitrogens with zero attached hydrogens (tertiary/aromatic N) is 1. The van der Waals surface area contributed by atoms with Crippen molar-refractivity contribution >= 4 is 5.82 Å². The molecule has 10 heavy (non-hydrogen) atoms. The zero-order valence-electron chi connectivity index (χ0n) is 6.29. The topological polar surface area (TPSA) is 52.0 Å². The summed E-state index contributed by atoms with van der Waals surface area (Å²) < 4.78 is 4.90. The molecule has 1 aromatic heterocycles. The first-order valence-corrected chi connectivity index (χ1v) is 3.39. The zero-order valence-corrected chi connectivity index (χ0v) is 6.29. The summed E-state index contributed by atoms with van der Waals surface area (Å²) in [5.41, 5.74) is 5.35. The Balaban J connectivity index is 2.58. The Morgan fingerprint density at radius 2 is 2.40 bits per heavy atom. The highest BCUT2D eigenvalue weighted by atomic mass is 16.5. The lowest BCUT2D eigenvalue weighted by Crippen LogP contribution is -1.91. The normalized spacial score (nSPS) is 10.7. The lowest BCUT2D eigenvalue weighted by atomic mass is 10.1. The van der Waals surface area contributed by atoms with Crippen molar-refractivity contribution < 1.29 is 4.52 Å². The molecular formula is C7H12N2O. The van der Waals surface area contributed by atoms with E-state index < -0.39 is 0 Å². The van der Waals surface area contributed by atoms with Crippen molar-refractivity contribution in [1.29, 1.82) is 0 Å². The van der Waals surface area contributed by atoms with Gasteiger partial charge in [-0.15, -0.1) is 0 Å². The number of aromatic nitrogens is 1. The smallest absolute Gasteiger partial charge is 0.167 e. The van der Waals surface area contributed by atoms with Crippen molar-refractivity contribution in [3.63, 3.8) is 0 Å². The van der Waals surface area contributed by atoms with Crippen LogP contribution in [0.25, 0.3) is 0 Å².